The van der Waals surface area contributed by atoms with Crippen molar-refractivity contribution in [1.82, 2.24) is 20.5 Å². The number of H-pyrrole nitrogens is 1. The van der Waals surface area contributed by atoms with E-state index in [-0.39, 0.29) is 11.3 Å². The molecule has 2 atom stereocenters. The third-order valence-corrected chi connectivity index (χ3v) is 6.19. The van der Waals surface area contributed by atoms with Gasteiger partial charge in [-0.1, -0.05) is 6.07 Å². The SMILES string of the molecule is O=c1cc(-c2ccc(-c3ccc(NCC4CC5CCC(C4)N5)nn3)c(O)c2)cc[nH]1. The van der Waals surface area contributed by atoms with Gasteiger partial charge in [-0.3, -0.25) is 4.79 Å². The molecule has 2 aromatic heterocycles. The van der Waals surface area contributed by atoms with Gasteiger partial charge < -0.3 is 20.7 Å². The Kier molecular flexibility index (Phi) is 4.96. The van der Waals surface area contributed by atoms with Gasteiger partial charge in [0.25, 0.3) is 0 Å². The van der Waals surface area contributed by atoms with Crippen LogP contribution in [-0.2, 0) is 0 Å². The maximum absolute atomic E-state index is 11.5. The highest BCUT2D eigenvalue weighted by molar-refractivity contribution is 5.74. The fourth-order valence-corrected chi connectivity index (χ4v) is 4.71. The van der Waals surface area contributed by atoms with Crippen molar-refractivity contribution in [2.75, 3.05) is 11.9 Å². The molecule has 7 nitrogen and oxygen atoms in total. The maximum Gasteiger partial charge on any atom is 0.248 e. The molecule has 2 fully saturated rings. The van der Waals surface area contributed by atoms with Crippen LogP contribution in [0.15, 0.2) is 53.5 Å². The molecule has 0 radical (unpaired) electrons. The molecule has 5 rings (SSSR count). The first-order chi connectivity index (χ1) is 14.6. The number of anilines is 1. The molecule has 154 valence electrons. The van der Waals surface area contributed by atoms with Gasteiger partial charge in [-0.2, -0.15) is 0 Å². The monoisotopic (exact) mass is 403 g/mol. The summed E-state index contributed by atoms with van der Waals surface area (Å²) in [4.78, 5) is 14.1. The van der Waals surface area contributed by atoms with Crippen molar-refractivity contribution in [1.29, 1.82) is 0 Å². The summed E-state index contributed by atoms with van der Waals surface area (Å²) in [5, 5.41) is 26.2. The van der Waals surface area contributed by atoms with E-state index in [0.29, 0.717) is 29.3 Å². The summed E-state index contributed by atoms with van der Waals surface area (Å²) in [5.74, 6) is 1.53. The van der Waals surface area contributed by atoms with Crippen LogP contribution in [0.1, 0.15) is 25.7 Å². The molecule has 2 bridgehead atoms. The van der Waals surface area contributed by atoms with Gasteiger partial charge in [0.2, 0.25) is 5.56 Å². The molecule has 2 saturated heterocycles. The van der Waals surface area contributed by atoms with E-state index in [0.717, 1.165) is 23.5 Å². The van der Waals surface area contributed by atoms with E-state index in [1.54, 1.807) is 24.4 Å². The number of aromatic hydroxyl groups is 1. The van der Waals surface area contributed by atoms with Gasteiger partial charge in [-0.05, 0) is 73.1 Å². The fraction of sp³-hybridized carbons (Fsp3) is 0.348. The lowest BCUT2D eigenvalue weighted by molar-refractivity contribution is 0.311. The molecule has 0 spiro atoms. The first-order valence-electron chi connectivity index (χ1n) is 10.5. The molecular formula is C23H25N5O2. The lowest BCUT2D eigenvalue weighted by Crippen LogP contribution is -2.40. The van der Waals surface area contributed by atoms with Crippen molar-refractivity contribution in [3.8, 4) is 28.1 Å². The largest absolute Gasteiger partial charge is 0.507 e. The minimum atomic E-state index is -0.179. The van der Waals surface area contributed by atoms with Gasteiger partial charge in [-0.15, -0.1) is 10.2 Å². The van der Waals surface area contributed by atoms with Crippen LogP contribution in [0.25, 0.3) is 22.4 Å². The number of hydrogen-bond donors (Lipinski definition) is 4. The quantitative estimate of drug-likeness (QED) is 0.522. The zero-order chi connectivity index (χ0) is 20.5. The van der Waals surface area contributed by atoms with E-state index < -0.39 is 0 Å². The Balaban J connectivity index is 1.26. The zero-order valence-corrected chi connectivity index (χ0v) is 16.6. The lowest BCUT2D eigenvalue weighted by atomic mass is 9.92. The number of nitrogens with one attached hydrogen (secondary N) is 3. The van der Waals surface area contributed by atoms with Crippen LogP contribution in [0.2, 0.25) is 0 Å². The van der Waals surface area contributed by atoms with E-state index in [4.69, 9.17) is 0 Å². The van der Waals surface area contributed by atoms with Crippen LogP contribution in [-0.4, -0.2) is 38.9 Å². The number of piperidine rings is 1. The van der Waals surface area contributed by atoms with Crippen LogP contribution < -0.4 is 16.2 Å². The molecule has 2 aliphatic rings. The highest BCUT2D eigenvalue weighted by atomic mass is 16.3. The number of aromatic nitrogens is 3. The van der Waals surface area contributed by atoms with Gasteiger partial charge in [-0.25, -0.2) is 0 Å². The van der Waals surface area contributed by atoms with Gasteiger partial charge in [0.1, 0.15) is 11.6 Å². The van der Waals surface area contributed by atoms with Crippen molar-refractivity contribution in [3.05, 3.63) is 59.0 Å². The smallest absolute Gasteiger partial charge is 0.248 e. The number of nitrogens with zero attached hydrogens (tertiary/aromatic N) is 2. The van der Waals surface area contributed by atoms with Crippen LogP contribution in [0.5, 0.6) is 5.75 Å². The summed E-state index contributed by atoms with van der Waals surface area (Å²) < 4.78 is 0. The van der Waals surface area contributed by atoms with Gasteiger partial charge in [0.15, 0.2) is 0 Å². The van der Waals surface area contributed by atoms with E-state index in [2.05, 4.69) is 25.8 Å². The average Bonchev–Trinajstić information content (AvgIpc) is 3.10. The second-order valence-corrected chi connectivity index (χ2v) is 8.33. The molecule has 30 heavy (non-hydrogen) atoms. The minimum absolute atomic E-state index is 0.105. The molecule has 2 unspecified atom stereocenters. The summed E-state index contributed by atoms with van der Waals surface area (Å²) in [7, 11) is 0. The molecule has 1 aromatic carbocycles. The summed E-state index contributed by atoms with van der Waals surface area (Å²) in [6.07, 6.45) is 6.65. The Bertz CT molecular complexity index is 1080. The third-order valence-electron chi connectivity index (χ3n) is 6.19. The topological polar surface area (TPSA) is 103 Å². The predicted octanol–water partition coefficient (Wildman–Crippen LogP) is 3.15. The Morgan fingerprint density at radius 3 is 2.50 bits per heavy atom. The molecule has 7 heteroatoms. The van der Waals surface area contributed by atoms with Gasteiger partial charge >= 0.3 is 0 Å². The van der Waals surface area contributed by atoms with E-state index in [9.17, 15) is 9.90 Å². The Morgan fingerprint density at radius 1 is 1.00 bits per heavy atom. The van der Waals surface area contributed by atoms with Crippen molar-refractivity contribution in [2.45, 2.75) is 37.8 Å². The highest BCUT2D eigenvalue weighted by Crippen LogP contribution is 2.33. The van der Waals surface area contributed by atoms with Crippen molar-refractivity contribution < 1.29 is 5.11 Å². The van der Waals surface area contributed by atoms with E-state index in [1.807, 2.05) is 18.2 Å². The summed E-state index contributed by atoms with van der Waals surface area (Å²) in [6, 6.07) is 13.7. The first kappa shape index (κ1) is 18.8. The second kappa shape index (κ2) is 7.91. The number of aromatic amines is 1. The third kappa shape index (κ3) is 3.93. The zero-order valence-electron chi connectivity index (χ0n) is 16.6. The van der Waals surface area contributed by atoms with Crippen LogP contribution in [0, 0.1) is 5.92 Å². The number of pyridine rings is 1. The first-order valence-corrected chi connectivity index (χ1v) is 10.5. The van der Waals surface area contributed by atoms with Crippen molar-refractivity contribution in [3.63, 3.8) is 0 Å². The summed E-state index contributed by atoms with van der Waals surface area (Å²) in [5.41, 5.74) is 2.55. The van der Waals surface area contributed by atoms with E-state index in [1.165, 1.54) is 31.7 Å². The van der Waals surface area contributed by atoms with E-state index >= 15 is 0 Å². The predicted molar refractivity (Wildman–Crippen MR) is 116 cm³/mol. The summed E-state index contributed by atoms with van der Waals surface area (Å²) >= 11 is 0. The standard InChI is InChI=1S/C23H25N5O2/c29-21-11-15(16-7-8-24-23(30)12-16)1-4-19(21)20-5-6-22(28-27-20)25-13-14-9-17-2-3-18(10-14)26-17/h1,4-8,11-12,14,17-18,26,29H,2-3,9-10,13H2,(H,24,30)(H,25,28). The molecular weight excluding hydrogens is 378 g/mol. The Labute approximate surface area is 174 Å². The van der Waals surface area contributed by atoms with Crippen LogP contribution in [0.3, 0.4) is 0 Å². The van der Waals surface area contributed by atoms with Gasteiger partial charge in [0, 0.05) is 36.5 Å². The van der Waals surface area contributed by atoms with Crippen molar-refractivity contribution >= 4 is 5.82 Å². The molecule has 0 saturated carbocycles. The molecule has 0 aliphatic carbocycles. The Hall–Kier alpha value is -3.19. The normalized spacial score (nSPS) is 22.7. The molecule has 2 aliphatic heterocycles. The van der Waals surface area contributed by atoms with Gasteiger partial charge in [0.05, 0.1) is 5.69 Å². The number of benzene rings is 1. The molecule has 4 N–H and O–H groups in total. The number of phenols is 1. The minimum Gasteiger partial charge on any atom is -0.507 e. The lowest BCUT2D eigenvalue weighted by Gasteiger charge is -2.29. The molecule has 0 amide bonds. The Morgan fingerprint density at radius 2 is 1.80 bits per heavy atom. The fourth-order valence-electron chi connectivity index (χ4n) is 4.71. The number of rotatable bonds is 5. The average molecular weight is 403 g/mol. The van der Waals surface area contributed by atoms with Crippen LogP contribution >= 0.6 is 0 Å². The number of hydrogen-bond acceptors (Lipinski definition) is 6. The second-order valence-electron chi connectivity index (χ2n) is 8.33. The highest BCUT2D eigenvalue weighted by Gasteiger charge is 2.33. The maximum atomic E-state index is 11.5. The van der Waals surface area contributed by atoms with Crippen molar-refractivity contribution in [2.24, 2.45) is 5.92 Å². The summed E-state index contributed by atoms with van der Waals surface area (Å²) in [6.45, 7) is 0.916. The number of fused-ring (bicyclic) bond motifs is 2. The van der Waals surface area contributed by atoms with Crippen LogP contribution in [0.4, 0.5) is 5.82 Å². The molecule has 4 heterocycles. The number of phenolic OH excluding ortho intramolecular Hbond substituents is 1. The molecule has 3 aromatic rings.